The van der Waals surface area contributed by atoms with Crippen LogP contribution in [0.5, 0.6) is 0 Å². The molecular formula is C12H22N2O. The molecule has 0 aliphatic heterocycles. The van der Waals surface area contributed by atoms with Crippen molar-refractivity contribution in [3.63, 3.8) is 0 Å². The molecule has 2 N–H and O–H groups in total. The molecule has 1 heterocycles. The van der Waals surface area contributed by atoms with Crippen LogP contribution in [0.1, 0.15) is 25.6 Å². The van der Waals surface area contributed by atoms with Crippen LogP contribution in [-0.2, 0) is 0 Å². The molecule has 0 aliphatic rings. The zero-order valence-electron chi connectivity index (χ0n) is 10.1. The van der Waals surface area contributed by atoms with Crippen LogP contribution < -0.4 is 0 Å². The molecule has 3 nitrogen and oxygen atoms in total. The molecule has 0 aliphatic carbocycles. The average Bonchev–Trinajstić information content (AvgIpc) is 2.64. The third-order valence-electron chi connectivity index (χ3n) is 2.97. The minimum absolute atomic E-state index is 0.222. The van der Waals surface area contributed by atoms with Crippen LogP contribution in [0.2, 0.25) is 0 Å². The van der Waals surface area contributed by atoms with Gasteiger partial charge in [-0.1, -0.05) is 13.8 Å². The Morgan fingerprint density at radius 2 is 2.07 bits per heavy atom. The van der Waals surface area contributed by atoms with Gasteiger partial charge in [0, 0.05) is 24.4 Å². The molecule has 2 unspecified atom stereocenters. The summed E-state index contributed by atoms with van der Waals surface area (Å²) in [6.45, 7) is 4.53. The molecule has 3 heteroatoms. The summed E-state index contributed by atoms with van der Waals surface area (Å²) in [4.78, 5) is 5.39. The molecule has 0 bridgehead atoms. The molecule has 0 spiro atoms. The summed E-state index contributed by atoms with van der Waals surface area (Å²) >= 11 is 0. The Morgan fingerprint density at radius 1 is 1.40 bits per heavy atom. The Balaban J connectivity index is 2.91. The second-order valence-electron chi connectivity index (χ2n) is 4.62. The summed E-state index contributed by atoms with van der Waals surface area (Å²) in [7, 11) is 4.10. The molecule has 0 fully saturated rings. The number of hydrogen-bond acceptors (Lipinski definition) is 2. The number of aliphatic hydroxyl groups excluding tert-OH is 1. The fourth-order valence-corrected chi connectivity index (χ4v) is 2.10. The van der Waals surface area contributed by atoms with Crippen molar-refractivity contribution in [2.45, 2.75) is 19.9 Å². The number of hydrogen-bond donors (Lipinski definition) is 2. The highest BCUT2D eigenvalue weighted by Crippen LogP contribution is 2.30. The highest BCUT2D eigenvalue weighted by atomic mass is 16.3. The van der Waals surface area contributed by atoms with Crippen LogP contribution in [0, 0.1) is 11.8 Å². The second-order valence-corrected chi connectivity index (χ2v) is 4.62. The summed E-state index contributed by atoms with van der Waals surface area (Å²) in [5.74, 6) is 0.726. The molecule has 0 saturated heterocycles. The van der Waals surface area contributed by atoms with E-state index in [0.29, 0.717) is 5.92 Å². The first-order valence-electron chi connectivity index (χ1n) is 5.48. The van der Waals surface area contributed by atoms with Crippen molar-refractivity contribution < 1.29 is 5.11 Å². The number of aromatic amines is 1. The number of aliphatic hydroxyl groups is 1. The molecule has 2 atom stereocenters. The van der Waals surface area contributed by atoms with Gasteiger partial charge in [-0.05, 0) is 32.1 Å². The van der Waals surface area contributed by atoms with E-state index in [1.54, 1.807) is 0 Å². The predicted octanol–water partition coefficient (Wildman–Crippen LogP) is 1.88. The van der Waals surface area contributed by atoms with Gasteiger partial charge in [0.05, 0.1) is 6.04 Å². The quantitative estimate of drug-likeness (QED) is 0.779. The lowest BCUT2D eigenvalue weighted by Crippen LogP contribution is -2.32. The van der Waals surface area contributed by atoms with Crippen molar-refractivity contribution in [3.8, 4) is 0 Å². The van der Waals surface area contributed by atoms with Gasteiger partial charge in [0.25, 0.3) is 0 Å². The summed E-state index contributed by atoms with van der Waals surface area (Å²) < 4.78 is 0. The van der Waals surface area contributed by atoms with Crippen molar-refractivity contribution in [2.24, 2.45) is 11.8 Å². The number of rotatable bonds is 5. The first kappa shape index (κ1) is 12.3. The molecule has 0 aromatic carbocycles. The molecule has 1 aromatic rings. The van der Waals surface area contributed by atoms with Gasteiger partial charge in [-0.2, -0.15) is 0 Å². The van der Waals surface area contributed by atoms with Gasteiger partial charge in [-0.25, -0.2) is 0 Å². The van der Waals surface area contributed by atoms with E-state index in [4.69, 9.17) is 0 Å². The maximum atomic E-state index is 9.47. The van der Waals surface area contributed by atoms with Gasteiger partial charge >= 0.3 is 0 Å². The highest BCUT2D eigenvalue weighted by molar-refractivity contribution is 5.10. The van der Waals surface area contributed by atoms with Crippen molar-refractivity contribution in [2.75, 3.05) is 20.7 Å². The standard InChI is InChI=1S/C12H22N2O/c1-9(2)10(8-15)12(14(3)4)11-6-5-7-13-11/h5-7,9-10,12-13,15H,8H2,1-4H3. The number of nitrogens with one attached hydrogen (secondary N) is 1. The largest absolute Gasteiger partial charge is 0.396 e. The summed E-state index contributed by atoms with van der Waals surface area (Å²) in [6.07, 6.45) is 1.93. The van der Waals surface area contributed by atoms with Crippen molar-refractivity contribution in [1.82, 2.24) is 9.88 Å². The van der Waals surface area contributed by atoms with E-state index in [1.165, 1.54) is 5.69 Å². The maximum Gasteiger partial charge on any atom is 0.0545 e. The molecule has 0 radical (unpaired) electrons. The van der Waals surface area contributed by atoms with Crippen LogP contribution in [0.15, 0.2) is 18.3 Å². The zero-order valence-corrected chi connectivity index (χ0v) is 10.1. The fourth-order valence-electron chi connectivity index (χ4n) is 2.10. The molecule has 0 saturated carbocycles. The summed E-state index contributed by atoms with van der Waals surface area (Å²) in [5.41, 5.74) is 1.17. The molecule has 0 amide bonds. The smallest absolute Gasteiger partial charge is 0.0545 e. The number of H-pyrrole nitrogens is 1. The Hall–Kier alpha value is -0.800. The number of nitrogens with zero attached hydrogens (tertiary/aromatic N) is 1. The predicted molar refractivity (Wildman–Crippen MR) is 62.6 cm³/mol. The van der Waals surface area contributed by atoms with Gasteiger partial charge < -0.3 is 15.0 Å². The van der Waals surface area contributed by atoms with Crippen molar-refractivity contribution >= 4 is 0 Å². The van der Waals surface area contributed by atoms with Gasteiger partial charge in [-0.3, -0.25) is 0 Å². The third kappa shape index (κ3) is 2.83. The lowest BCUT2D eigenvalue weighted by molar-refractivity contribution is 0.0981. The van der Waals surface area contributed by atoms with E-state index >= 15 is 0 Å². The second kappa shape index (κ2) is 5.33. The molecule has 86 valence electrons. The van der Waals surface area contributed by atoms with Crippen molar-refractivity contribution in [1.29, 1.82) is 0 Å². The summed E-state index contributed by atoms with van der Waals surface area (Å²) in [5, 5.41) is 9.47. The van der Waals surface area contributed by atoms with Crippen LogP contribution in [0.4, 0.5) is 0 Å². The van der Waals surface area contributed by atoms with Gasteiger partial charge in [0.2, 0.25) is 0 Å². The number of aromatic nitrogens is 1. The van der Waals surface area contributed by atoms with Crippen LogP contribution in [0.25, 0.3) is 0 Å². The SMILES string of the molecule is CC(C)C(CO)C(c1ccc[nH]1)N(C)C. The minimum atomic E-state index is 0.222. The average molecular weight is 210 g/mol. The highest BCUT2D eigenvalue weighted by Gasteiger charge is 2.27. The van der Waals surface area contributed by atoms with E-state index in [-0.39, 0.29) is 18.6 Å². The Labute approximate surface area is 92.1 Å². The topological polar surface area (TPSA) is 39.3 Å². The van der Waals surface area contributed by atoms with Gasteiger partial charge in [-0.15, -0.1) is 0 Å². The molecule has 1 aromatic heterocycles. The maximum absolute atomic E-state index is 9.47. The van der Waals surface area contributed by atoms with E-state index in [0.717, 1.165) is 0 Å². The first-order valence-corrected chi connectivity index (χ1v) is 5.48. The Bertz CT molecular complexity index is 267. The molecule has 15 heavy (non-hydrogen) atoms. The monoisotopic (exact) mass is 210 g/mol. The van der Waals surface area contributed by atoms with Crippen molar-refractivity contribution in [3.05, 3.63) is 24.0 Å². The normalized spacial score (nSPS) is 15.9. The minimum Gasteiger partial charge on any atom is -0.396 e. The van der Waals surface area contributed by atoms with E-state index in [1.807, 2.05) is 12.3 Å². The third-order valence-corrected chi connectivity index (χ3v) is 2.97. The lowest BCUT2D eigenvalue weighted by atomic mass is 9.87. The molecule has 1 rings (SSSR count). The lowest BCUT2D eigenvalue weighted by Gasteiger charge is -2.33. The zero-order chi connectivity index (χ0) is 11.4. The van der Waals surface area contributed by atoms with E-state index in [9.17, 15) is 5.11 Å². The Morgan fingerprint density at radius 3 is 2.40 bits per heavy atom. The first-order chi connectivity index (χ1) is 7.07. The van der Waals surface area contributed by atoms with E-state index in [2.05, 4.69) is 43.9 Å². The van der Waals surface area contributed by atoms with Gasteiger partial charge in [0.1, 0.15) is 0 Å². The van der Waals surface area contributed by atoms with E-state index < -0.39 is 0 Å². The Kier molecular flexibility index (Phi) is 4.36. The van der Waals surface area contributed by atoms with Gasteiger partial charge in [0.15, 0.2) is 0 Å². The van der Waals surface area contributed by atoms with Crippen LogP contribution in [-0.4, -0.2) is 35.7 Å². The molecular weight excluding hydrogens is 188 g/mol. The summed E-state index contributed by atoms with van der Waals surface area (Å²) in [6, 6.07) is 4.33. The van der Waals surface area contributed by atoms with Crippen LogP contribution in [0.3, 0.4) is 0 Å². The fraction of sp³-hybridized carbons (Fsp3) is 0.667. The van der Waals surface area contributed by atoms with Crippen LogP contribution >= 0.6 is 0 Å².